The van der Waals surface area contributed by atoms with Gasteiger partial charge in [-0.15, -0.1) is 12.4 Å². The number of halogens is 3. The fraction of sp³-hybridized carbons (Fsp3) is 0.333. The smallest absolute Gasteiger partial charge is 0.387 e. The second-order valence-electron chi connectivity index (χ2n) is 2.79. The third kappa shape index (κ3) is 4.42. The second-order valence-corrected chi connectivity index (χ2v) is 2.79. The Morgan fingerprint density at radius 2 is 2.00 bits per heavy atom. The average Bonchev–Trinajstić information content (AvgIpc) is 2.16. The van der Waals surface area contributed by atoms with E-state index in [0.29, 0.717) is 5.56 Å². The van der Waals surface area contributed by atoms with E-state index in [9.17, 15) is 8.78 Å². The first-order valence-corrected chi connectivity index (χ1v) is 4.14. The SMILES string of the molecule is Cl.NC[C@H](N)c1cccc(OC(F)F)c1. The van der Waals surface area contributed by atoms with Crippen molar-refractivity contribution in [2.45, 2.75) is 12.7 Å². The van der Waals surface area contributed by atoms with Gasteiger partial charge < -0.3 is 16.2 Å². The summed E-state index contributed by atoms with van der Waals surface area (Å²) >= 11 is 0. The summed E-state index contributed by atoms with van der Waals surface area (Å²) in [6.07, 6.45) is 0. The maximum Gasteiger partial charge on any atom is 0.387 e. The van der Waals surface area contributed by atoms with Gasteiger partial charge in [-0.05, 0) is 17.7 Å². The maximum absolute atomic E-state index is 11.9. The van der Waals surface area contributed by atoms with Crippen LogP contribution in [0.2, 0.25) is 0 Å². The number of rotatable bonds is 4. The Balaban J connectivity index is 0.00000196. The van der Waals surface area contributed by atoms with Gasteiger partial charge in [-0.3, -0.25) is 0 Å². The Morgan fingerprint density at radius 1 is 1.33 bits per heavy atom. The van der Waals surface area contributed by atoms with Gasteiger partial charge in [0.15, 0.2) is 0 Å². The topological polar surface area (TPSA) is 61.3 Å². The molecule has 0 aliphatic rings. The molecule has 6 heteroatoms. The largest absolute Gasteiger partial charge is 0.435 e. The quantitative estimate of drug-likeness (QED) is 0.839. The first kappa shape index (κ1) is 14.1. The monoisotopic (exact) mass is 238 g/mol. The van der Waals surface area contributed by atoms with Crippen molar-refractivity contribution < 1.29 is 13.5 Å². The second kappa shape index (κ2) is 6.55. The van der Waals surface area contributed by atoms with Crippen LogP contribution in [-0.4, -0.2) is 13.2 Å². The fourth-order valence-corrected chi connectivity index (χ4v) is 1.06. The Hall–Kier alpha value is -0.910. The van der Waals surface area contributed by atoms with Crippen LogP contribution in [-0.2, 0) is 0 Å². The van der Waals surface area contributed by atoms with E-state index in [-0.39, 0.29) is 30.7 Å². The van der Waals surface area contributed by atoms with Crippen molar-refractivity contribution in [2.24, 2.45) is 11.5 Å². The molecule has 0 saturated carbocycles. The van der Waals surface area contributed by atoms with Crippen LogP contribution in [0.3, 0.4) is 0 Å². The summed E-state index contributed by atoms with van der Waals surface area (Å²) in [6.45, 7) is -2.56. The van der Waals surface area contributed by atoms with Gasteiger partial charge in [-0.25, -0.2) is 0 Å². The minimum Gasteiger partial charge on any atom is -0.435 e. The summed E-state index contributed by atoms with van der Waals surface area (Å²) in [5.74, 6) is 0.0985. The molecule has 4 N–H and O–H groups in total. The van der Waals surface area contributed by atoms with E-state index in [1.54, 1.807) is 12.1 Å². The van der Waals surface area contributed by atoms with Gasteiger partial charge >= 0.3 is 6.61 Å². The third-order valence-electron chi connectivity index (χ3n) is 1.77. The highest BCUT2D eigenvalue weighted by molar-refractivity contribution is 5.85. The van der Waals surface area contributed by atoms with E-state index < -0.39 is 6.61 Å². The summed E-state index contributed by atoms with van der Waals surface area (Å²) < 4.78 is 27.9. The number of hydrogen-bond donors (Lipinski definition) is 2. The van der Waals surface area contributed by atoms with E-state index in [2.05, 4.69) is 4.74 Å². The molecule has 0 fully saturated rings. The number of hydrogen-bond acceptors (Lipinski definition) is 3. The third-order valence-corrected chi connectivity index (χ3v) is 1.77. The summed E-state index contributed by atoms with van der Waals surface area (Å²) in [7, 11) is 0. The van der Waals surface area contributed by atoms with E-state index >= 15 is 0 Å². The van der Waals surface area contributed by atoms with Crippen LogP contribution in [0.5, 0.6) is 5.75 Å². The highest BCUT2D eigenvalue weighted by Crippen LogP contribution is 2.18. The standard InChI is InChI=1S/C9H12F2N2O.ClH/c10-9(11)14-7-3-1-2-6(4-7)8(13)5-12;/h1-4,8-9H,5,12-13H2;1H/t8-;/m0./s1. The molecular weight excluding hydrogens is 226 g/mol. The Kier molecular flexibility index (Phi) is 6.15. The number of nitrogens with two attached hydrogens (primary N) is 2. The zero-order valence-corrected chi connectivity index (χ0v) is 8.71. The summed E-state index contributed by atoms with van der Waals surface area (Å²) in [4.78, 5) is 0. The molecule has 1 atom stereocenters. The number of benzene rings is 1. The zero-order valence-electron chi connectivity index (χ0n) is 7.90. The highest BCUT2D eigenvalue weighted by atomic mass is 35.5. The minimum absolute atomic E-state index is 0. The van der Waals surface area contributed by atoms with Crippen molar-refractivity contribution in [1.82, 2.24) is 0 Å². The molecule has 15 heavy (non-hydrogen) atoms. The van der Waals surface area contributed by atoms with Gasteiger partial charge in [0.25, 0.3) is 0 Å². The lowest BCUT2D eigenvalue weighted by Crippen LogP contribution is -2.20. The van der Waals surface area contributed by atoms with E-state index in [4.69, 9.17) is 11.5 Å². The lowest BCUT2D eigenvalue weighted by atomic mass is 10.1. The normalized spacial score (nSPS) is 12.1. The average molecular weight is 239 g/mol. The van der Waals surface area contributed by atoms with E-state index in [1.165, 1.54) is 12.1 Å². The van der Waals surface area contributed by atoms with Gasteiger partial charge in [-0.2, -0.15) is 8.78 Å². The van der Waals surface area contributed by atoms with E-state index in [0.717, 1.165) is 0 Å². The zero-order chi connectivity index (χ0) is 10.6. The van der Waals surface area contributed by atoms with Gasteiger partial charge in [-0.1, -0.05) is 12.1 Å². The molecule has 0 unspecified atom stereocenters. The van der Waals surface area contributed by atoms with Crippen molar-refractivity contribution in [3.63, 3.8) is 0 Å². The molecule has 0 radical (unpaired) electrons. The van der Waals surface area contributed by atoms with Crippen LogP contribution in [0.1, 0.15) is 11.6 Å². The molecular formula is C9H13ClF2N2O. The molecule has 0 aromatic heterocycles. The molecule has 1 rings (SSSR count). The molecule has 1 aromatic rings. The molecule has 0 aliphatic carbocycles. The number of ether oxygens (including phenoxy) is 1. The maximum atomic E-state index is 11.9. The van der Waals surface area contributed by atoms with Crippen molar-refractivity contribution in [3.05, 3.63) is 29.8 Å². The first-order chi connectivity index (χ1) is 6.63. The highest BCUT2D eigenvalue weighted by Gasteiger charge is 2.07. The lowest BCUT2D eigenvalue weighted by Gasteiger charge is -2.11. The molecule has 0 spiro atoms. The number of alkyl halides is 2. The molecule has 0 bridgehead atoms. The van der Waals surface area contributed by atoms with Gasteiger partial charge in [0.05, 0.1) is 0 Å². The fourth-order valence-electron chi connectivity index (χ4n) is 1.06. The van der Waals surface area contributed by atoms with Gasteiger partial charge in [0.1, 0.15) is 5.75 Å². The summed E-state index contributed by atoms with van der Waals surface area (Å²) in [6, 6.07) is 5.87. The molecule has 0 saturated heterocycles. The Labute approximate surface area is 92.8 Å². The van der Waals surface area contributed by atoms with Crippen LogP contribution in [0.4, 0.5) is 8.78 Å². The minimum atomic E-state index is -2.82. The van der Waals surface area contributed by atoms with Crippen molar-refractivity contribution >= 4 is 12.4 Å². The first-order valence-electron chi connectivity index (χ1n) is 4.14. The molecule has 0 aliphatic heterocycles. The molecule has 0 amide bonds. The molecule has 86 valence electrons. The van der Waals surface area contributed by atoms with Gasteiger partial charge in [0.2, 0.25) is 0 Å². The van der Waals surface area contributed by atoms with Crippen LogP contribution < -0.4 is 16.2 Å². The van der Waals surface area contributed by atoms with Crippen LogP contribution in [0, 0.1) is 0 Å². The van der Waals surface area contributed by atoms with Crippen molar-refractivity contribution in [2.75, 3.05) is 6.54 Å². The summed E-state index contributed by atoms with van der Waals surface area (Å²) in [5.41, 5.74) is 11.7. The predicted molar refractivity (Wildman–Crippen MR) is 56.3 cm³/mol. The van der Waals surface area contributed by atoms with Crippen LogP contribution >= 0.6 is 12.4 Å². The molecule has 0 heterocycles. The lowest BCUT2D eigenvalue weighted by molar-refractivity contribution is -0.0498. The Bertz CT molecular complexity index is 299. The van der Waals surface area contributed by atoms with Gasteiger partial charge in [0, 0.05) is 12.6 Å². The van der Waals surface area contributed by atoms with Crippen LogP contribution in [0.25, 0.3) is 0 Å². The van der Waals surface area contributed by atoms with E-state index in [1.807, 2.05) is 0 Å². The molecule has 3 nitrogen and oxygen atoms in total. The Morgan fingerprint density at radius 3 is 2.53 bits per heavy atom. The van der Waals surface area contributed by atoms with Crippen molar-refractivity contribution in [1.29, 1.82) is 0 Å². The predicted octanol–water partition coefficient (Wildman–Crippen LogP) is 1.67. The van der Waals surface area contributed by atoms with Crippen molar-refractivity contribution in [3.8, 4) is 5.75 Å². The van der Waals surface area contributed by atoms with Crippen LogP contribution in [0.15, 0.2) is 24.3 Å². The summed E-state index contributed by atoms with van der Waals surface area (Å²) in [5, 5.41) is 0. The molecule has 1 aromatic carbocycles.